The summed E-state index contributed by atoms with van der Waals surface area (Å²) in [6.45, 7) is 3.77. The maximum Gasteiger partial charge on any atom is 0.129 e. The number of anilines is 2. The monoisotopic (exact) mass is 331 g/mol. The van der Waals surface area contributed by atoms with Crippen LogP contribution in [-0.4, -0.2) is 36.3 Å². The highest BCUT2D eigenvalue weighted by atomic mass is 16.3. The third-order valence-electron chi connectivity index (χ3n) is 4.62. The summed E-state index contributed by atoms with van der Waals surface area (Å²) in [7, 11) is 0. The Morgan fingerprint density at radius 2 is 1.36 bits per heavy atom. The van der Waals surface area contributed by atoms with Crippen LogP contribution in [0.1, 0.15) is 0 Å². The van der Waals surface area contributed by atoms with Crippen LogP contribution in [0.25, 0.3) is 11.3 Å². The van der Waals surface area contributed by atoms with Crippen LogP contribution < -0.4 is 9.80 Å². The molecule has 4 heteroatoms. The van der Waals surface area contributed by atoms with E-state index < -0.39 is 0 Å². The fourth-order valence-corrected chi connectivity index (χ4v) is 3.23. The molecular weight excluding hydrogens is 310 g/mol. The van der Waals surface area contributed by atoms with Crippen LogP contribution in [-0.2, 0) is 0 Å². The molecule has 0 saturated carbocycles. The first-order valence-electron chi connectivity index (χ1n) is 8.61. The van der Waals surface area contributed by atoms with Crippen LogP contribution in [0.2, 0.25) is 0 Å². The molecule has 2 heterocycles. The van der Waals surface area contributed by atoms with Crippen molar-refractivity contribution in [2.75, 3.05) is 36.0 Å². The number of piperazine rings is 1. The highest BCUT2D eigenvalue weighted by Crippen LogP contribution is 2.23. The van der Waals surface area contributed by atoms with Gasteiger partial charge in [0.2, 0.25) is 0 Å². The second-order valence-corrected chi connectivity index (χ2v) is 6.24. The molecule has 0 spiro atoms. The first-order chi connectivity index (χ1) is 12.3. The molecule has 1 saturated heterocycles. The minimum atomic E-state index is 0.310. The Kier molecular flexibility index (Phi) is 4.25. The number of nitrogens with zero attached hydrogens (tertiary/aromatic N) is 3. The van der Waals surface area contributed by atoms with Crippen LogP contribution in [0.4, 0.5) is 11.5 Å². The molecule has 0 amide bonds. The highest BCUT2D eigenvalue weighted by Gasteiger charge is 2.18. The fourth-order valence-electron chi connectivity index (χ4n) is 3.23. The van der Waals surface area contributed by atoms with Crippen LogP contribution in [0.3, 0.4) is 0 Å². The van der Waals surface area contributed by atoms with Crippen LogP contribution in [0.15, 0.2) is 72.8 Å². The third-order valence-corrected chi connectivity index (χ3v) is 4.62. The largest absolute Gasteiger partial charge is 0.508 e. The summed E-state index contributed by atoms with van der Waals surface area (Å²) in [4.78, 5) is 9.53. The van der Waals surface area contributed by atoms with Crippen molar-refractivity contribution in [3.05, 3.63) is 72.8 Å². The van der Waals surface area contributed by atoms with Gasteiger partial charge in [0, 0.05) is 37.4 Å². The van der Waals surface area contributed by atoms with Crippen molar-refractivity contribution in [1.29, 1.82) is 0 Å². The Bertz CT molecular complexity index is 825. The van der Waals surface area contributed by atoms with E-state index in [4.69, 9.17) is 4.98 Å². The molecule has 1 aliphatic heterocycles. The van der Waals surface area contributed by atoms with E-state index in [0.29, 0.717) is 5.75 Å². The number of hydrogen-bond acceptors (Lipinski definition) is 4. The average molecular weight is 331 g/mol. The third kappa shape index (κ3) is 3.43. The molecule has 1 aromatic heterocycles. The van der Waals surface area contributed by atoms with Gasteiger partial charge in [-0.3, -0.25) is 0 Å². The van der Waals surface area contributed by atoms with Crippen LogP contribution in [0.5, 0.6) is 5.75 Å². The van der Waals surface area contributed by atoms with Crippen molar-refractivity contribution in [1.82, 2.24) is 4.98 Å². The van der Waals surface area contributed by atoms with Crippen molar-refractivity contribution in [3.8, 4) is 17.0 Å². The highest BCUT2D eigenvalue weighted by molar-refractivity contribution is 5.61. The normalized spacial score (nSPS) is 14.6. The van der Waals surface area contributed by atoms with Gasteiger partial charge in [0.1, 0.15) is 11.6 Å². The second kappa shape index (κ2) is 6.85. The van der Waals surface area contributed by atoms with Crippen molar-refractivity contribution in [2.45, 2.75) is 0 Å². The summed E-state index contributed by atoms with van der Waals surface area (Å²) in [6.07, 6.45) is 0. The molecule has 0 unspecified atom stereocenters. The van der Waals surface area contributed by atoms with E-state index in [1.807, 2.05) is 30.3 Å². The summed E-state index contributed by atoms with van der Waals surface area (Å²) in [5, 5.41) is 9.43. The SMILES string of the molecule is Oc1ccc(N2CCN(c3cccc(-c4ccccc4)n3)CC2)cc1. The predicted octanol–water partition coefficient (Wildman–Crippen LogP) is 3.78. The molecule has 1 N–H and O–H groups in total. The van der Waals surface area contributed by atoms with E-state index >= 15 is 0 Å². The molecule has 2 aromatic carbocycles. The molecule has 1 aliphatic rings. The summed E-state index contributed by atoms with van der Waals surface area (Å²) < 4.78 is 0. The summed E-state index contributed by atoms with van der Waals surface area (Å²) in [5.41, 5.74) is 3.31. The lowest BCUT2D eigenvalue weighted by molar-refractivity contribution is 0.475. The lowest BCUT2D eigenvalue weighted by Gasteiger charge is -2.36. The Morgan fingerprint density at radius 1 is 0.680 bits per heavy atom. The van der Waals surface area contributed by atoms with Gasteiger partial charge in [0.25, 0.3) is 0 Å². The molecule has 0 radical (unpaired) electrons. The first kappa shape index (κ1) is 15.5. The standard InChI is InChI=1S/C21H21N3O/c25-19-11-9-18(10-12-19)23-13-15-24(16-14-23)21-8-4-7-20(22-21)17-5-2-1-3-6-17/h1-12,25H,13-16H2. The van der Waals surface area contributed by atoms with Gasteiger partial charge in [-0.15, -0.1) is 0 Å². The quantitative estimate of drug-likeness (QED) is 0.793. The molecule has 0 bridgehead atoms. The van der Waals surface area contributed by atoms with Crippen molar-refractivity contribution >= 4 is 11.5 Å². The van der Waals surface area contributed by atoms with Crippen molar-refractivity contribution < 1.29 is 5.11 Å². The summed E-state index contributed by atoms with van der Waals surface area (Å²) in [6, 6.07) is 23.9. The molecule has 0 aliphatic carbocycles. The predicted molar refractivity (Wildman–Crippen MR) is 102 cm³/mol. The molecule has 0 atom stereocenters. The van der Waals surface area contributed by atoms with E-state index in [0.717, 1.165) is 48.9 Å². The number of aromatic nitrogens is 1. The van der Waals surface area contributed by atoms with Gasteiger partial charge in [0.15, 0.2) is 0 Å². The minimum absolute atomic E-state index is 0.310. The summed E-state index contributed by atoms with van der Waals surface area (Å²) >= 11 is 0. The van der Waals surface area contributed by atoms with Gasteiger partial charge < -0.3 is 14.9 Å². The maximum absolute atomic E-state index is 9.43. The van der Waals surface area contributed by atoms with Gasteiger partial charge >= 0.3 is 0 Å². The number of pyridine rings is 1. The first-order valence-corrected chi connectivity index (χ1v) is 8.61. The molecule has 3 aromatic rings. The average Bonchev–Trinajstić information content (AvgIpc) is 2.70. The van der Waals surface area contributed by atoms with E-state index in [1.54, 1.807) is 12.1 Å². The minimum Gasteiger partial charge on any atom is -0.508 e. The zero-order valence-electron chi connectivity index (χ0n) is 14.0. The van der Waals surface area contributed by atoms with Crippen LogP contribution in [0, 0.1) is 0 Å². The van der Waals surface area contributed by atoms with E-state index in [2.05, 4.69) is 40.1 Å². The smallest absolute Gasteiger partial charge is 0.129 e. The molecule has 4 nitrogen and oxygen atoms in total. The molecule has 126 valence electrons. The fraction of sp³-hybridized carbons (Fsp3) is 0.190. The number of phenolic OH excluding ortho intramolecular Hbond substituents is 1. The van der Waals surface area contributed by atoms with Crippen LogP contribution >= 0.6 is 0 Å². The Balaban J connectivity index is 1.47. The Labute approximate surface area is 148 Å². The van der Waals surface area contributed by atoms with Crippen molar-refractivity contribution in [3.63, 3.8) is 0 Å². The Morgan fingerprint density at radius 3 is 2.08 bits per heavy atom. The zero-order chi connectivity index (χ0) is 17.1. The number of aromatic hydroxyl groups is 1. The number of phenols is 1. The second-order valence-electron chi connectivity index (χ2n) is 6.24. The van der Waals surface area contributed by atoms with Gasteiger partial charge in [-0.1, -0.05) is 36.4 Å². The molecule has 1 fully saturated rings. The van der Waals surface area contributed by atoms with Gasteiger partial charge in [-0.05, 0) is 36.4 Å². The van der Waals surface area contributed by atoms with Crippen molar-refractivity contribution in [2.24, 2.45) is 0 Å². The molecule has 25 heavy (non-hydrogen) atoms. The number of rotatable bonds is 3. The molecular formula is C21H21N3O. The maximum atomic E-state index is 9.43. The summed E-state index contributed by atoms with van der Waals surface area (Å²) in [5.74, 6) is 1.34. The van der Waals surface area contributed by atoms with E-state index in [1.165, 1.54) is 0 Å². The van der Waals surface area contributed by atoms with Gasteiger partial charge in [0.05, 0.1) is 5.69 Å². The topological polar surface area (TPSA) is 39.6 Å². The lowest BCUT2D eigenvalue weighted by Crippen LogP contribution is -2.46. The van der Waals surface area contributed by atoms with Gasteiger partial charge in [-0.2, -0.15) is 0 Å². The van der Waals surface area contributed by atoms with Gasteiger partial charge in [-0.25, -0.2) is 4.98 Å². The van der Waals surface area contributed by atoms with E-state index in [-0.39, 0.29) is 0 Å². The zero-order valence-corrected chi connectivity index (χ0v) is 14.0. The molecule has 4 rings (SSSR count). The van der Waals surface area contributed by atoms with E-state index in [9.17, 15) is 5.11 Å². The lowest BCUT2D eigenvalue weighted by atomic mass is 10.1. The number of hydrogen-bond donors (Lipinski definition) is 1. The number of benzene rings is 2. The Hall–Kier alpha value is -3.01.